The number of nitrogens with one attached hydrogen (secondary N) is 1. The van der Waals surface area contributed by atoms with E-state index in [-0.39, 0.29) is 152 Å². The van der Waals surface area contributed by atoms with E-state index in [4.69, 9.17) is 14.8 Å². The summed E-state index contributed by atoms with van der Waals surface area (Å²) in [6.45, 7) is 17.0. The number of Topliss-reactive ketones (excluding diaryl/α,β-unsaturated/α-hetero) is 2. The predicted molar refractivity (Wildman–Crippen MR) is 224 cm³/mol. The third-order valence-corrected chi connectivity index (χ3v) is 11.8. The molecule has 0 atom stereocenters. The first-order valence-electron chi connectivity index (χ1n) is 18.6. The van der Waals surface area contributed by atoms with Gasteiger partial charge in [0.1, 0.15) is 11.9 Å². The van der Waals surface area contributed by atoms with Gasteiger partial charge in [0.05, 0.1) is 24.3 Å². The standard InChI is InChI=1S/C21H25NO3S.C17H19NOS.C4H7BrO2.CH2O3.2K.H/c1-5-25-18(24)13-22-14(2)20(26-15-9-7-6-8-10-15)19-16(22)11-21(3,4)12-17(19)23;1-11-16(20-12-7-5-4-6-8-12)15-13(18-11)9-17(2,3)10-14(15)19;1-2-7-4(6)3-5;2-1-4-3;;;/h6-10H,5,11-13H2,1-4H3;4-8,18H,9-10H2,1-3H3;2-3H2,1H3;1,3H;;;/q;;;;2*+1;-1/p-1. The molecule has 0 amide bonds. The zero-order chi connectivity index (χ0) is 42.3. The number of esters is 2. The summed E-state index contributed by atoms with van der Waals surface area (Å²) >= 11 is 6.23. The van der Waals surface area contributed by atoms with Crippen LogP contribution in [-0.4, -0.2) is 58.1 Å². The summed E-state index contributed by atoms with van der Waals surface area (Å²) in [4.78, 5) is 66.7. The van der Waals surface area contributed by atoms with Crippen molar-refractivity contribution in [1.29, 1.82) is 0 Å². The molecule has 0 saturated heterocycles. The van der Waals surface area contributed by atoms with Crippen molar-refractivity contribution in [3.05, 3.63) is 94.6 Å². The normalized spacial score (nSPS) is 14.0. The minimum Gasteiger partial charge on any atom is -1.00 e. The van der Waals surface area contributed by atoms with Crippen LogP contribution in [0.25, 0.3) is 0 Å². The number of aryl methyl sites for hydroxylation is 1. The number of hydrogen-bond donors (Lipinski definition) is 1. The number of aromatic nitrogens is 2. The zero-order valence-corrected chi connectivity index (χ0v) is 45.3. The van der Waals surface area contributed by atoms with E-state index in [1.54, 1.807) is 37.4 Å². The number of nitrogens with zero attached hydrogens (tertiary/aromatic N) is 1. The molecule has 0 bridgehead atoms. The second-order valence-corrected chi connectivity index (χ2v) is 17.6. The van der Waals surface area contributed by atoms with Crippen LogP contribution in [0.15, 0.2) is 80.2 Å². The van der Waals surface area contributed by atoms with E-state index in [9.17, 15) is 19.2 Å². The first-order chi connectivity index (χ1) is 27.0. The van der Waals surface area contributed by atoms with Crippen molar-refractivity contribution in [3.8, 4) is 0 Å². The summed E-state index contributed by atoms with van der Waals surface area (Å²) in [7, 11) is 0. The Morgan fingerprint density at radius 3 is 1.71 bits per heavy atom. The summed E-state index contributed by atoms with van der Waals surface area (Å²) in [5.41, 5.74) is 5.83. The fourth-order valence-corrected chi connectivity index (χ4v) is 9.01. The summed E-state index contributed by atoms with van der Waals surface area (Å²) in [6.07, 6.45) is 2.90. The van der Waals surface area contributed by atoms with Gasteiger partial charge < -0.3 is 30.6 Å². The fraction of sp³-hybridized carbons (Fsp3) is 0.419. The second-order valence-electron chi connectivity index (χ2n) is 14.9. The Balaban J connectivity index is 0.000000909. The largest absolute Gasteiger partial charge is 1.00 e. The number of ketones is 2. The Morgan fingerprint density at radius 1 is 0.797 bits per heavy atom. The molecule has 2 heterocycles. The van der Waals surface area contributed by atoms with Gasteiger partial charge in [0.25, 0.3) is 6.47 Å². The number of H-pyrrole nitrogens is 1. The van der Waals surface area contributed by atoms with E-state index in [0.29, 0.717) is 31.4 Å². The summed E-state index contributed by atoms with van der Waals surface area (Å²) in [6, 6.07) is 20.3. The van der Waals surface area contributed by atoms with Gasteiger partial charge in [-0.05, 0) is 75.6 Å². The molecular weight excluding hydrogens is 911 g/mol. The molecule has 0 fully saturated rings. The quantitative estimate of drug-likeness (QED) is 0.0623. The molecule has 0 radical (unpaired) electrons. The Labute approximate surface area is 451 Å². The van der Waals surface area contributed by atoms with E-state index in [2.05, 4.69) is 77.3 Å². The Bertz CT molecular complexity index is 2010. The molecular formula is C43H53BrK2N2O9S2. The van der Waals surface area contributed by atoms with Gasteiger partial charge >= 0.3 is 115 Å². The molecule has 4 aromatic rings. The third-order valence-electron chi connectivity index (χ3n) is 8.89. The van der Waals surface area contributed by atoms with Gasteiger partial charge in [0.15, 0.2) is 11.6 Å². The van der Waals surface area contributed by atoms with Crippen LogP contribution in [0.5, 0.6) is 0 Å². The van der Waals surface area contributed by atoms with Gasteiger partial charge in [-0.2, -0.15) is 0 Å². The fourth-order valence-electron chi connectivity index (χ4n) is 6.66. The first kappa shape index (κ1) is 56.2. The molecule has 2 aliphatic rings. The number of halogens is 1. The number of ether oxygens (including phenoxy) is 2. The van der Waals surface area contributed by atoms with Gasteiger partial charge in [0.2, 0.25) is 0 Å². The van der Waals surface area contributed by atoms with E-state index in [0.717, 1.165) is 61.4 Å². The number of alkyl halides is 1. The molecule has 0 saturated carbocycles. The Morgan fingerprint density at radius 2 is 1.25 bits per heavy atom. The summed E-state index contributed by atoms with van der Waals surface area (Å²) < 4.78 is 11.6. The van der Waals surface area contributed by atoms with Crippen molar-refractivity contribution < 1.29 is 148 Å². The molecule has 2 aromatic heterocycles. The zero-order valence-electron chi connectivity index (χ0n) is 36.8. The number of benzene rings is 2. The maximum Gasteiger partial charge on any atom is 1.00 e. The van der Waals surface area contributed by atoms with Crippen LogP contribution in [0.3, 0.4) is 0 Å². The number of hydrogen-bond acceptors (Lipinski definition) is 11. The van der Waals surface area contributed by atoms with Crippen LogP contribution < -0.4 is 108 Å². The van der Waals surface area contributed by atoms with E-state index in [1.165, 1.54) is 4.90 Å². The Kier molecular flexibility index (Phi) is 26.1. The van der Waals surface area contributed by atoms with Crippen LogP contribution >= 0.6 is 39.5 Å². The molecule has 2 aliphatic carbocycles. The predicted octanol–water partition coefficient (Wildman–Crippen LogP) is 2.79. The van der Waals surface area contributed by atoms with Crippen LogP contribution in [0.4, 0.5) is 0 Å². The van der Waals surface area contributed by atoms with Gasteiger partial charge in [0, 0.05) is 55.2 Å². The van der Waals surface area contributed by atoms with E-state index >= 15 is 0 Å². The monoisotopic (exact) mass is 962 g/mol. The average Bonchev–Trinajstić information content (AvgIpc) is 3.59. The first-order valence-corrected chi connectivity index (χ1v) is 21.3. The summed E-state index contributed by atoms with van der Waals surface area (Å²) in [5.74, 6) is -0.0255. The van der Waals surface area contributed by atoms with Crippen molar-refractivity contribution >= 4 is 69.4 Å². The van der Waals surface area contributed by atoms with Crippen LogP contribution in [0, 0.1) is 24.7 Å². The second kappa shape index (κ2) is 27.4. The van der Waals surface area contributed by atoms with Crippen molar-refractivity contribution in [1.82, 2.24) is 9.55 Å². The molecule has 11 nitrogen and oxygen atoms in total. The van der Waals surface area contributed by atoms with Gasteiger partial charge in [-0.1, -0.05) is 104 Å². The molecule has 1 N–H and O–H groups in total. The molecule has 2 aromatic carbocycles. The topological polar surface area (TPSA) is 157 Å². The number of aromatic amines is 1. The van der Waals surface area contributed by atoms with E-state index < -0.39 is 0 Å². The Hall–Kier alpha value is -0.837. The minimum absolute atomic E-state index is 0. The molecule has 59 heavy (non-hydrogen) atoms. The number of carbonyl (C=O) groups is 5. The van der Waals surface area contributed by atoms with Crippen LogP contribution in [-0.2, 0) is 48.1 Å². The molecule has 310 valence electrons. The van der Waals surface area contributed by atoms with Crippen molar-refractivity contribution in [2.45, 2.75) is 107 Å². The molecule has 0 aliphatic heterocycles. The molecule has 6 rings (SSSR count). The summed E-state index contributed by atoms with van der Waals surface area (Å²) in [5, 5.41) is 8.72. The third kappa shape index (κ3) is 17.3. The molecule has 16 heteroatoms. The minimum atomic E-state index is -0.263. The SMILES string of the molecule is CCOC(=O)CBr.CCOC(=O)Cn1c(C)c(Sc2ccccc2)c2c1CC(C)(C)CC2=O.Cc1[nH]c2c(c1Sc1ccccc1)C(=O)CC(C)(C)C2.O=CO[O-].[H-].[K+].[K+]. The van der Waals surface area contributed by atoms with Crippen molar-refractivity contribution in [3.63, 3.8) is 0 Å². The van der Waals surface area contributed by atoms with E-state index in [1.807, 2.05) is 60.0 Å². The van der Waals surface area contributed by atoms with Gasteiger partial charge in [-0.25, -0.2) is 0 Å². The number of fused-ring (bicyclic) bond motifs is 2. The number of carbonyl (C=O) groups excluding carboxylic acids is 5. The van der Waals surface area contributed by atoms with Crippen molar-refractivity contribution in [2.75, 3.05) is 18.5 Å². The smallest absolute Gasteiger partial charge is 1.00 e. The molecule has 0 spiro atoms. The molecule has 0 unspecified atom stereocenters. The van der Waals surface area contributed by atoms with Crippen molar-refractivity contribution in [2.24, 2.45) is 10.8 Å². The maximum atomic E-state index is 12.9. The van der Waals surface area contributed by atoms with Gasteiger partial charge in [-0.3, -0.25) is 24.0 Å². The average molecular weight is 964 g/mol. The maximum absolute atomic E-state index is 12.9. The van der Waals surface area contributed by atoms with Gasteiger partial charge in [-0.15, -0.1) is 0 Å². The van der Waals surface area contributed by atoms with Crippen LogP contribution in [0.2, 0.25) is 0 Å². The van der Waals surface area contributed by atoms with Crippen LogP contribution in [0.1, 0.15) is 99.3 Å². The number of rotatable bonds is 10.